The molecule has 3 atom stereocenters. The molecule has 2 aromatic heterocycles. The second-order valence-electron chi connectivity index (χ2n) is 11.8. The van der Waals surface area contributed by atoms with E-state index in [0.29, 0.717) is 46.6 Å². The number of rotatable bonds is 10. The lowest BCUT2D eigenvalue weighted by Crippen LogP contribution is -2.58. The summed E-state index contributed by atoms with van der Waals surface area (Å²) in [7, 11) is 2.15. The van der Waals surface area contributed by atoms with Gasteiger partial charge in [0.2, 0.25) is 0 Å². The summed E-state index contributed by atoms with van der Waals surface area (Å²) < 4.78 is 16.7. The van der Waals surface area contributed by atoms with Crippen molar-refractivity contribution in [2.75, 3.05) is 13.6 Å². The van der Waals surface area contributed by atoms with Crippen molar-refractivity contribution in [3.05, 3.63) is 81.1 Å². The summed E-state index contributed by atoms with van der Waals surface area (Å²) >= 11 is 6.27. The molecule has 1 aliphatic heterocycles. The zero-order valence-corrected chi connectivity index (χ0v) is 25.6. The summed E-state index contributed by atoms with van der Waals surface area (Å²) in [6.45, 7) is 2.69. The number of quaternary nitrogens is 1. The lowest BCUT2D eigenvalue weighted by Gasteiger charge is -2.40. The van der Waals surface area contributed by atoms with Gasteiger partial charge in [0.25, 0.3) is 0 Å². The fourth-order valence-electron chi connectivity index (χ4n) is 6.12. The van der Waals surface area contributed by atoms with Gasteiger partial charge in [-0.05, 0) is 100 Å². The van der Waals surface area contributed by atoms with Crippen LogP contribution < -0.4 is 22.9 Å². The number of guanidine groups is 1. The third-order valence-corrected chi connectivity index (χ3v) is 8.72. The Balaban J connectivity index is 1.37. The van der Waals surface area contributed by atoms with Crippen LogP contribution in [0.2, 0.25) is 5.02 Å². The summed E-state index contributed by atoms with van der Waals surface area (Å²) in [5.41, 5.74) is 18.7. The summed E-state index contributed by atoms with van der Waals surface area (Å²) in [5.74, 6) is -0.375. The van der Waals surface area contributed by atoms with Gasteiger partial charge in [-0.3, -0.25) is 14.5 Å². The van der Waals surface area contributed by atoms with Crippen LogP contribution in [0.5, 0.6) is 0 Å². The van der Waals surface area contributed by atoms with Gasteiger partial charge >= 0.3 is 5.69 Å². The molecule has 9 nitrogen and oxygen atoms in total. The molecule has 0 bridgehead atoms. The molecule has 0 saturated carbocycles. The Morgan fingerprint density at radius 3 is 2.72 bits per heavy atom. The first-order chi connectivity index (χ1) is 20.6. The topological polar surface area (TPSA) is 146 Å². The Morgan fingerprint density at radius 2 is 2.00 bits per heavy atom. The zero-order chi connectivity index (χ0) is 30.7. The normalized spacial score (nSPS) is 18.2. The molecule has 0 spiro atoms. The number of nitrogens with zero attached hydrogens (tertiary/aromatic N) is 4. The van der Waals surface area contributed by atoms with E-state index in [1.807, 2.05) is 24.3 Å². The SMILES string of the molecule is CC([NH3+])CCCc1cc(Cl)c(F)c(-c2cc3cn(-c4ccc(C5CCCC(CCN=C(N)N)N5C)cc4)c(=O)nc3[nH]2)c1. The van der Waals surface area contributed by atoms with Crippen molar-refractivity contribution in [1.29, 1.82) is 0 Å². The Labute approximate surface area is 255 Å². The van der Waals surface area contributed by atoms with Gasteiger partial charge < -0.3 is 22.2 Å². The fourth-order valence-corrected chi connectivity index (χ4v) is 6.36. The number of hydrogen-bond donors (Lipinski definition) is 4. The van der Waals surface area contributed by atoms with Crippen molar-refractivity contribution >= 4 is 28.6 Å². The van der Waals surface area contributed by atoms with E-state index in [1.165, 1.54) is 10.1 Å². The van der Waals surface area contributed by atoms with Gasteiger partial charge in [-0.25, -0.2) is 9.18 Å². The molecule has 3 unspecified atom stereocenters. The first-order valence-electron chi connectivity index (χ1n) is 14.9. The highest BCUT2D eigenvalue weighted by molar-refractivity contribution is 6.31. The first kappa shape index (κ1) is 30.7. The molecule has 8 N–H and O–H groups in total. The predicted molar refractivity (Wildman–Crippen MR) is 171 cm³/mol. The average Bonchev–Trinajstić information content (AvgIpc) is 3.37. The highest BCUT2D eigenvalue weighted by atomic mass is 35.5. The third kappa shape index (κ3) is 7.09. The van der Waals surface area contributed by atoms with Crippen LogP contribution in [0.15, 0.2) is 58.4 Å². The number of likely N-dealkylation sites (tertiary alicyclic amines) is 1. The molecule has 43 heavy (non-hydrogen) atoms. The number of fused-ring (bicyclic) bond motifs is 1. The van der Waals surface area contributed by atoms with Gasteiger partial charge in [-0.15, -0.1) is 0 Å². The van der Waals surface area contributed by atoms with Gasteiger partial charge in [-0.2, -0.15) is 4.98 Å². The fraction of sp³-hybridized carbons (Fsp3) is 0.406. The number of aromatic nitrogens is 3. The molecule has 5 rings (SSSR count). The highest BCUT2D eigenvalue weighted by Crippen LogP contribution is 2.35. The number of aromatic amines is 1. The minimum absolute atomic E-state index is 0.0742. The van der Waals surface area contributed by atoms with E-state index in [4.69, 9.17) is 23.1 Å². The molecule has 0 aliphatic carbocycles. The smallest absolute Gasteiger partial charge is 0.354 e. The van der Waals surface area contributed by atoms with Crippen molar-refractivity contribution in [2.45, 2.75) is 70.0 Å². The Hall–Kier alpha value is -3.73. The van der Waals surface area contributed by atoms with Gasteiger partial charge in [-0.1, -0.05) is 23.7 Å². The van der Waals surface area contributed by atoms with Crippen LogP contribution in [0.3, 0.4) is 0 Å². The van der Waals surface area contributed by atoms with Crippen LogP contribution in [0, 0.1) is 5.82 Å². The minimum atomic E-state index is -0.500. The lowest BCUT2D eigenvalue weighted by molar-refractivity contribution is -0.415. The molecule has 3 heterocycles. The maximum Gasteiger partial charge on any atom is 0.354 e. The summed E-state index contributed by atoms with van der Waals surface area (Å²) in [5, 5.41) is 0.770. The van der Waals surface area contributed by atoms with Crippen LogP contribution in [-0.4, -0.2) is 51.1 Å². The van der Waals surface area contributed by atoms with Gasteiger partial charge in [0.1, 0.15) is 5.65 Å². The first-order valence-corrected chi connectivity index (χ1v) is 15.3. The molecular weight excluding hydrogens is 567 g/mol. The monoisotopic (exact) mass is 607 g/mol. The number of aryl methyl sites for hydroxylation is 1. The van der Waals surface area contributed by atoms with Crippen LogP contribution >= 0.6 is 11.6 Å². The summed E-state index contributed by atoms with van der Waals surface area (Å²) in [6.07, 6.45) is 8.64. The number of benzene rings is 2. The molecule has 4 aromatic rings. The second-order valence-corrected chi connectivity index (χ2v) is 12.2. The van der Waals surface area contributed by atoms with Crippen molar-refractivity contribution in [3.8, 4) is 16.9 Å². The van der Waals surface area contributed by atoms with Crippen molar-refractivity contribution in [3.63, 3.8) is 0 Å². The van der Waals surface area contributed by atoms with E-state index in [-0.39, 0.29) is 17.0 Å². The van der Waals surface area contributed by atoms with E-state index in [2.05, 4.69) is 51.7 Å². The standard InChI is InChI=1S/C32H40ClFN8O/c1-19(35)5-3-6-20-15-25(29(34)26(33)16-20)27-17-22-18-42(32(43)40-30(22)39-27)24-11-9-21(10-12-24)28-8-4-7-23(41(28)2)13-14-38-31(36)37/h9-12,15-19,23,28H,3-8,13-14,35H2,1-2H3,(H4,36,37,38)(H,39,40,43)/p+1. The molecule has 11 heteroatoms. The van der Waals surface area contributed by atoms with Gasteiger partial charge in [0, 0.05) is 35.8 Å². The molecule has 0 radical (unpaired) electrons. The molecule has 228 valence electrons. The van der Waals surface area contributed by atoms with E-state index in [0.717, 1.165) is 50.5 Å². The lowest BCUT2D eigenvalue weighted by atomic mass is 9.90. The van der Waals surface area contributed by atoms with E-state index in [1.54, 1.807) is 12.3 Å². The largest absolute Gasteiger partial charge is 0.370 e. The number of hydrogen-bond acceptors (Lipinski definition) is 4. The summed E-state index contributed by atoms with van der Waals surface area (Å²) in [6, 6.07) is 14.4. The maximum absolute atomic E-state index is 15.1. The van der Waals surface area contributed by atoms with Crippen LogP contribution in [0.25, 0.3) is 28.0 Å². The Bertz CT molecular complexity index is 1660. The second kappa shape index (κ2) is 13.3. The maximum atomic E-state index is 15.1. The number of aliphatic imine (C=N–C) groups is 1. The van der Waals surface area contributed by atoms with Crippen LogP contribution in [0.1, 0.15) is 62.6 Å². The third-order valence-electron chi connectivity index (χ3n) is 8.44. The Morgan fingerprint density at radius 1 is 1.23 bits per heavy atom. The van der Waals surface area contributed by atoms with Crippen molar-refractivity contribution < 1.29 is 10.1 Å². The molecular formula is C32H41ClFN8O+. The van der Waals surface area contributed by atoms with Crippen molar-refractivity contribution in [2.24, 2.45) is 16.5 Å². The highest BCUT2D eigenvalue weighted by Gasteiger charge is 2.28. The minimum Gasteiger partial charge on any atom is -0.370 e. The molecule has 0 amide bonds. The van der Waals surface area contributed by atoms with Gasteiger partial charge in [0.05, 0.1) is 22.4 Å². The Kier molecular flexibility index (Phi) is 9.49. The van der Waals surface area contributed by atoms with Crippen LogP contribution in [-0.2, 0) is 6.42 Å². The van der Waals surface area contributed by atoms with Crippen LogP contribution in [0.4, 0.5) is 4.39 Å². The van der Waals surface area contributed by atoms with Gasteiger partial charge in [0.15, 0.2) is 11.8 Å². The zero-order valence-electron chi connectivity index (χ0n) is 24.8. The molecule has 1 aliphatic rings. The van der Waals surface area contributed by atoms with E-state index in [9.17, 15) is 4.79 Å². The number of nitrogens with one attached hydrogen (secondary N) is 1. The molecule has 1 saturated heterocycles. The quantitative estimate of drug-likeness (QED) is 0.157. The number of H-pyrrole nitrogens is 1. The molecule has 2 aromatic carbocycles. The predicted octanol–water partition coefficient (Wildman–Crippen LogP) is 4.32. The number of nitrogens with two attached hydrogens (primary N) is 2. The number of halogens is 2. The number of piperidine rings is 1. The van der Waals surface area contributed by atoms with E-state index < -0.39 is 11.5 Å². The molecule has 1 fully saturated rings. The van der Waals surface area contributed by atoms with E-state index >= 15 is 4.39 Å². The van der Waals surface area contributed by atoms with Crippen molar-refractivity contribution in [1.82, 2.24) is 19.4 Å². The summed E-state index contributed by atoms with van der Waals surface area (Å²) in [4.78, 5) is 27.0. The average molecular weight is 608 g/mol.